The van der Waals surface area contributed by atoms with Crippen molar-refractivity contribution in [2.24, 2.45) is 5.92 Å². The summed E-state index contributed by atoms with van der Waals surface area (Å²) in [7, 11) is 0. The third-order valence-corrected chi connectivity index (χ3v) is 4.55. The summed E-state index contributed by atoms with van der Waals surface area (Å²) in [6, 6.07) is 6.60. The standard InChI is InChI=1S/C16H23NO2/c1-2-11-4-3-5-13-10-14(18)16(17-15(11)13)12-6-8-19-9-7-12/h3-5,12,14,16-18H,2,6-10H2,1H3. The lowest BCUT2D eigenvalue weighted by molar-refractivity contribution is 0.0347. The van der Waals surface area contributed by atoms with Gasteiger partial charge in [-0.15, -0.1) is 0 Å². The van der Waals surface area contributed by atoms with Gasteiger partial charge in [0.2, 0.25) is 0 Å². The fourth-order valence-electron chi connectivity index (χ4n) is 3.43. The number of fused-ring (bicyclic) bond motifs is 1. The minimum Gasteiger partial charge on any atom is -0.391 e. The Kier molecular flexibility index (Phi) is 3.76. The van der Waals surface area contributed by atoms with Gasteiger partial charge in [-0.05, 0) is 36.3 Å². The van der Waals surface area contributed by atoms with Crippen LogP contribution in [-0.4, -0.2) is 30.5 Å². The Morgan fingerprint density at radius 3 is 2.84 bits per heavy atom. The smallest absolute Gasteiger partial charge is 0.0784 e. The summed E-state index contributed by atoms with van der Waals surface area (Å²) in [5.41, 5.74) is 3.89. The van der Waals surface area contributed by atoms with E-state index in [4.69, 9.17) is 4.74 Å². The van der Waals surface area contributed by atoms with Crippen LogP contribution in [0.4, 0.5) is 5.69 Å². The molecule has 1 fully saturated rings. The molecule has 1 aromatic carbocycles. The largest absolute Gasteiger partial charge is 0.391 e. The van der Waals surface area contributed by atoms with Crippen LogP contribution in [0.15, 0.2) is 18.2 Å². The lowest BCUT2D eigenvalue weighted by Crippen LogP contribution is -2.46. The fraction of sp³-hybridized carbons (Fsp3) is 0.625. The summed E-state index contributed by atoms with van der Waals surface area (Å²) in [5.74, 6) is 0.529. The van der Waals surface area contributed by atoms with Crippen LogP contribution in [0.3, 0.4) is 0 Å². The SMILES string of the molecule is CCc1cccc2c1NC(C1CCOCC1)C(O)C2. The second-order valence-electron chi connectivity index (χ2n) is 5.70. The molecular weight excluding hydrogens is 238 g/mol. The van der Waals surface area contributed by atoms with Crippen LogP contribution in [0.1, 0.15) is 30.9 Å². The van der Waals surface area contributed by atoms with Gasteiger partial charge in [-0.25, -0.2) is 0 Å². The van der Waals surface area contributed by atoms with Gasteiger partial charge in [-0.1, -0.05) is 25.1 Å². The number of ether oxygens (including phenoxy) is 1. The van der Waals surface area contributed by atoms with Crippen molar-refractivity contribution in [2.45, 2.75) is 44.8 Å². The monoisotopic (exact) mass is 261 g/mol. The number of para-hydroxylation sites is 1. The highest BCUT2D eigenvalue weighted by atomic mass is 16.5. The van der Waals surface area contributed by atoms with Crippen LogP contribution >= 0.6 is 0 Å². The Balaban J connectivity index is 1.85. The van der Waals surface area contributed by atoms with E-state index in [1.54, 1.807) is 0 Å². The van der Waals surface area contributed by atoms with E-state index in [9.17, 15) is 5.11 Å². The second-order valence-corrected chi connectivity index (χ2v) is 5.70. The predicted octanol–water partition coefficient (Wildman–Crippen LogP) is 2.37. The topological polar surface area (TPSA) is 41.5 Å². The Bertz CT molecular complexity index is 440. The molecule has 0 bridgehead atoms. The molecule has 0 amide bonds. The Hall–Kier alpha value is -1.06. The summed E-state index contributed by atoms with van der Waals surface area (Å²) in [5, 5.41) is 14.1. The number of anilines is 1. The fourth-order valence-corrected chi connectivity index (χ4v) is 3.43. The van der Waals surface area contributed by atoms with Gasteiger partial charge in [0.1, 0.15) is 0 Å². The first-order valence-electron chi connectivity index (χ1n) is 7.42. The van der Waals surface area contributed by atoms with Gasteiger partial charge in [0.15, 0.2) is 0 Å². The third-order valence-electron chi connectivity index (χ3n) is 4.55. The van der Waals surface area contributed by atoms with E-state index in [-0.39, 0.29) is 12.1 Å². The van der Waals surface area contributed by atoms with Crippen LogP contribution in [0.5, 0.6) is 0 Å². The Morgan fingerprint density at radius 2 is 2.11 bits per heavy atom. The van der Waals surface area contributed by atoms with Gasteiger partial charge in [0.25, 0.3) is 0 Å². The Morgan fingerprint density at radius 1 is 1.32 bits per heavy atom. The molecule has 2 unspecified atom stereocenters. The molecule has 104 valence electrons. The number of aryl methyl sites for hydroxylation is 1. The minimum atomic E-state index is -0.275. The van der Waals surface area contributed by atoms with Crippen molar-refractivity contribution in [1.82, 2.24) is 0 Å². The van der Waals surface area contributed by atoms with E-state index in [0.29, 0.717) is 5.92 Å². The molecule has 3 nitrogen and oxygen atoms in total. The summed E-state index contributed by atoms with van der Waals surface area (Å²) in [6.07, 6.45) is 3.64. The van der Waals surface area contributed by atoms with E-state index in [2.05, 4.69) is 30.4 Å². The van der Waals surface area contributed by atoms with E-state index < -0.39 is 0 Å². The number of aliphatic hydroxyl groups excluding tert-OH is 1. The molecule has 1 aromatic rings. The number of hydrogen-bond donors (Lipinski definition) is 2. The van der Waals surface area contributed by atoms with Crippen LogP contribution in [0.2, 0.25) is 0 Å². The summed E-state index contributed by atoms with van der Waals surface area (Å²) in [4.78, 5) is 0. The van der Waals surface area contributed by atoms with E-state index >= 15 is 0 Å². The molecule has 0 aromatic heterocycles. The average Bonchev–Trinajstić information content (AvgIpc) is 2.46. The van der Waals surface area contributed by atoms with Crippen molar-refractivity contribution in [2.75, 3.05) is 18.5 Å². The van der Waals surface area contributed by atoms with Gasteiger partial charge in [-0.2, -0.15) is 0 Å². The molecule has 2 aliphatic rings. The Labute approximate surface area is 115 Å². The first-order valence-corrected chi connectivity index (χ1v) is 7.42. The number of benzene rings is 1. The van der Waals surface area contributed by atoms with E-state index in [1.165, 1.54) is 16.8 Å². The normalized spacial score (nSPS) is 27.7. The molecule has 2 N–H and O–H groups in total. The highest BCUT2D eigenvalue weighted by molar-refractivity contribution is 5.60. The van der Waals surface area contributed by atoms with Gasteiger partial charge in [0, 0.05) is 25.3 Å². The van der Waals surface area contributed by atoms with Crippen molar-refractivity contribution in [1.29, 1.82) is 0 Å². The zero-order valence-corrected chi connectivity index (χ0v) is 11.6. The van der Waals surface area contributed by atoms with Crippen molar-refractivity contribution in [3.63, 3.8) is 0 Å². The lowest BCUT2D eigenvalue weighted by atomic mass is 9.82. The molecule has 0 saturated carbocycles. The molecule has 3 rings (SSSR count). The maximum Gasteiger partial charge on any atom is 0.0784 e. The van der Waals surface area contributed by atoms with Crippen LogP contribution < -0.4 is 5.32 Å². The van der Waals surface area contributed by atoms with E-state index in [0.717, 1.165) is 38.9 Å². The first kappa shape index (κ1) is 12.9. The lowest BCUT2D eigenvalue weighted by Gasteiger charge is -2.39. The highest BCUT2D eigenvalue weighted by Gasteiger charge is 2.34. The number of aliphatic hydroxyl groups is 1. The summed E-state index contributed by atoms with van der Waals surface area (Å²) >= 11 is 0. The molecule has 0 radical (unpaired) electrons. The van der Waals surface area contributed by atoms with Gasteiger partial charge < -0.3 is 15.2 Å². The molecule has 0 spiro atoms. The number of nitrogens with one attached hydrogen (secondary N) is 1. The number of hydrogen-bond acceptors (Lipinski definition) is 3. The average molecular weight is 261 g/mol. The molecule has 1 saturated heterocycles. The molecule has 2 atom stereocenters. The van der Waals surface area contributed by atoms with Crippen molar-refractivity contribution in [3.05, 3.63) is 29.3 Å². The molecular formula is C16H23NO2. The van der Waals surface area contributed by atoms with Gasteiger partial charge >= 0.3 is 0 Å². The first-order chi connectivity index (χ1) is 9.29. The van der Waals surface area contributed by atoms with Crippen molar-refractivity contribution >= 4 is 5.69 Å². The van der Waals surface area contributed by atoms with Crippen LogP contribution in [0.25, 0.3) is 0 Å². The van der Waals surface area contributed by atoms with Gasteiger partial charge in [0.05, 0.1) is 12.1 Å². The summed E-state index contributed by atoms with van der Waals surface area (Å²) < 4.78 is 5.43. The summed E-state index contributed by atoms with van der Waals surface area (Å²) in [6.45, 7) is 3.85. The second kappa shape index (κ2) is 5.51. The molecule has 3 heteroatoms. The zero-order valence-electron chi connectivity index (χ0n) is 11.6. The molecule has 2 aliphatic heterocycles. The quantitative estimate of drug-likeness (QED) is 0.859. The maximum absolute atomic E-state index is 10.4. The molecule has 2 heterocycles. The maximum atomic E-state index is 10.4. The van der Waals surface area contributed by atoms with E-state index in [1.807, 2.05) is 0 Å². The molecule has 0 aliphatic carbocycles. The molecule has 19 heavy (non-hydrogen) atoms. The van der Waals surface area contributed by atoms with Crippen molar-refractivity contribution in [3.8, 4) is 0 Å². The minimum absolute atomic E-state index is 0.184. The number of rotatable bonds is 2. The van der Waals surface area contributed by atoms with Crippen LogP contribution in [-0.2, 0) is 17.6 Å². The highest BCUT2D eigenvalue weighted by Crippen LogP contribution is 2.34. The third kappa shape index (κ3) is 2.49. The predicted molar refractivity (Wildman–Crippen MR) is 76.5 cm³/mol. The van der Waals surface area contributed by atoms with Gasteiger partial charge in [-0.3, -0.25) is 0 Å². The van der Waals surface area contributed by atoms with Crippen LogP contribution in [0, 0.1) is 5.92 Å². The zero-order chi connectivity index (χ0) is 13.2. The van der Waals surface area contributed by atoms with Crippen molar-refractivity contribution < 1.29 is 9.84 Å².